The van der Waals surface area contributed by atoms with Gasteiger partial charge < -0.3 is 13.3 Å². The Labute approximate surface area is 120 Å². The van der Waals surface area contributed by atoms with Gasteiger partial charge >= 0.3 is 8.97 Å². The molecule has 0 amide bonds. The lowest BCUT2D eigenvalue weighted by Gasteiger charge is -2.28. The van der Waals surface area contributed by atoms with Crippen LogP contribution in [0.25, 0.3) is 0 Å². The summed E-state index contributed by atoms with van der Waals surface area (Å²) < 4.78 is 17.2. The molecule has 0 aromatic heterocycles. The third kappa shape index (κ3) is 9.57. The van der Waals surface area contributed by atoms with Crippen LogP contribution in [0.5, 0.6) is 0 Å². The summed E-state index contributed by atoms with van der Waals surface area (Å²) in [6.45, 7) is 11.0. The van der Waals surface area contributed by atoms with Crippen molar-refractivity contribution in [2.45, 2.75) is 66.2 Å². The number of hydrogen-bond acceptors (Lipinski definition) is 4. The van der Waals surface area contributed by atoms with Crippen LogP contribution in [0.2, 0.25) is 0 Å². The molecule has 0 aromatic carbocycles. The Morgan fingerprint density at radius 1 is 0.684 bits per heavy atom. The lowest BCUT2D eigenvalue weighted by molar-refractivity contribution is 0.0598. The van der Waals surface area contributed by atoms with E-state index in [1.165, 1.54) is 32.1 Å². The van der Waals surface area contributed by atoms with Crippen LogP contribution in [0.3, 0.4) is 0 Å². The summed E-state index contributed by atoms with van der Waals surface area (Å²) in [5, 5.41) is 0. The molecule has 0 aromatic rings. The van der Waals surface area contributed by atoms with Gasteiger partial charge in [0.25, 0.3) is 0 Å². The van der Waals surface area contributed by atoms with Gasteiger partial charge in [0.1, 0.15) is 0 Å². The molecule has 4 nitrogen and oxygen atoms in total. The second kappa shape index (κ2) is 13.1. The molecule has 0 aliphatic carbocycles. The quantitative estimate of drug-likeness (QED) is 0.393. The van der Waals surface area contributed by atoms with Crippen molar-refractivity contribution in [3.8, 4) is 0 Å². The van der Waals surface area contributed by atoms with Crippen LogP contribution < -0.4 is 4.98 Å². The monoisotopic (exact) mass is 291 g/mol. The Balaban J connectivity index is 3.89. The lowest BCUT2D eigenvalue weighted by Crippen LogP contribution is -2.59. The Morgan fingerprint density at radius 2 is 1.16 bits per heavy atom. The fraction of sp³-hybridized carbons (Fsp3) is 1.00. The van der Waals surface area contributed by atoms with E-state index in [4.69, 9.17) is 13.3 Å². The number of nitrogens with one attached hydrogen (secondary N) is 1. The van der Waals surface area contributed by atoms with Crippen LogP contribution >= 0.6 is 0 Å². The lowest BCUT2D eigenvalue weighted by atomic mass is 10.1. The van der Waals surface area contributed by atoms with E-state index in [-0.39, 0.29) is 0 Å². The average molecular weight is 292 g/mol. The summed E-state index contributed by atoms with van der Waals surface area (Å²) in [6, 6.07) is 0. The molecule has 0 bridgehead atoms. The van der Waals surface area contributed by atoms with Gasteiger partial charge in [0, 0.05) is 19.8 Å². The van der Waals surface area contributed by atoms with Crippen molar-refractivity contribution in [2.75, 3.05) is 26.4 Å². The number of hydrogen-bond donors (Lipinski definition) is 1. The van der Waals surface area contributed by atoms with Gasteiger partial charge in [-0.15, -0.1) is 0 Å². The van der Waals surface area contributed by atoms with Crippen molar-refractivity contribution in [3.63, 3.8) is 0 Å². The minimum Gasteiger partial charge on any atom is -0.361 e. The van der Waals surface area contributed by atoms with Gasteiger partial charge in [-0.25, -0.2) is 0 Å². The van der Waals surface area contributed by atoms with Crippen LogP contribution in [-0.2, 0) is 13.3 Å². The van der Waals surface area contributed by atoms with Gasteiger partial charge in [0.2, 0.25) is 0 Å². The molecule has 0 saturated carbocycles. The van der Waals surface area contributed by atoms with E-state index in [9.17, 15) is 0 Å². The van der Waals surface area contributed by atoms with Crippen molar-refractivity contribution in [2.24, 2.45) is 0 Å². The smallest absolute Gasteiger partial charge is 0.361 e. The van der Waals surface area contributed by atoms with Gasteiger partial charge in [-0.05, 0) is 33.7 Å². The zero-order chi connectivity index (χ0) is 14.4. The van der Waals surface area contributed by atoms with Crippen molar-refractivity contribution in [1.82, 2.24) is 4.98 Å². The zero-order valence-corrected chi connectivity index (χ0v) is 14.3. The first-order valence-corrected chi connectivity index (χ1v) is 9.64. The molecular formula is C14H33NO3Si. The molecule has 116 valence electrons. The summed E-state index contributed by atoms with van der Waals surface area (Å²) in [4.78, 5) is 3.40. The Hall–Kier alpha value is 0.0569. The second-order valence-corrected chi connectivity index (χ2v) is 6.88. The van der Waals surface area contributed by atoms with Crippen molar-refractivity contribution < 1.29 is 13.3 Å². The van der Waals surface area contributed by atoms with Crippen molar-refractivity contribution in [1.29, 1.82) is 0 Å². The molecule has 0 fully saturated rings. The molecule has 0 atom stereocenters. The minimum atomic E-state index is -2.62. The number of unbranched alkanes of at least 4 members (excludes halogenated alkanes) is 5. The van der Waals surface area contributed by atoms with Crippen LogP contribution in [0, 0.1) is 0 Å². The summed E-state index contributed by atoms with van der Waals surface area (Å²) in [6.07, 6.45) is 7.74. The molecule has 0 unspecified atom stereocenters. The van der Waals surface area contributed by atoms with E-state index < -0.39 is 8.97 Å². The first-order valence-electron chi connectivity index (χ1n) is 7.91. The van der Waals surface area contributed by atoms with Crippen LogP contribution in [0.15, 0.2) is 0 Å². The minimum absolute atomic E-state index is 0.621. The van der Waals surface area contributed by atoms with E-state index in [0.29, 0.717) is 19.8 Å². The first kappa shape index (κ1) is 19.1. The van der Waals surface area contributed by atoms with Crippen molar-refractivity contribution in [3.05, 3.63) is 0 Å². The highest BCUT2D eigenvalue weighted by atomic mass is 28.4. The molecule has 19 heavy (non-hydrogen) atoms. The molecular weight excluding hydrogens is 258 g/mol. The predicted octanol–water partition coefficient (Wildman–Crippen LogP) is 3.48. The highest BCUT2D eigenvalue weighted by molar-refractivity contribution is 6.57. The molecule has 5 heteroatoms. The Kier molecular flexibility index (Phi) is 13.1. The Morgan fingerprint density at radius 3 is 1.63 bits per heavy atom. The largest absolute Gasteiger partial charge is 0.596 e. The van der Waals surface area contributed by atoms with E-state index >= 15 is 0 Å². The SMILES string of the molecule is CCCCCCCCN[Si](OCC)(OCC)OCC. The third-order valence-corrected chi connectivity index (χ3v) is 5.56. The molecule has 0 heterocycles. The first-order chi connectivity index (χ1) is 9.24. The maximum Gasteiger partial charge on any atom is 0.596 e. The highest BCUT2D eigenvalue weighted by Crippen LogP contribution is 2.08. The van der Waals surface area contributed by atoms with E-state index in [1.807, 2.05) is 20.8 Å². The fourth-order valence-electron chi connectivity index (χ4n) is 1.99. The third-order valence-electron chi connectivity index (χ3n) is 2.87. The summed E-state index contributed by atoms with van der Waals surface area (Å²) in [5.74, 6) is 0. The molecule has 0 radical (unpaired) electrons. The molecule has 0 saturated heterocycles. The van der Waals surface area contributed by atoms with E-state index in [2.05, 4.69) is 11.9 Å². The molecule has 0 rings (SSSR count). The molecule has 1 N–H and O–H groups in total. The summed E-state index contributed by atoms with van der Waals surface area (Å²) in [7, 11) is -2.62. The van der Waals surface area contributed by atoms with Gasteiger partial charge in [0.15, 0.2) is 0 Å². The molecule has 0 spiro atoms. The van der Waals surface area contributed by atoms with Crippen LogP contribution in [-0.4, -0.2) is 35.3 Å². The topological polar surface area (TPSA) is 39.7 Å². The predicted molar refractivity (Wildman–Crippen MR) is 82.0 cm³/mol. The maximum atomic E-state index is 5.74. The molecule has 0 aliphatic rings. The maximum absolute atomic E-state index is 5.74. The Bertz CT molecular complexity index is 177. The zero-order valence-electron chi connectivity index (χ0n) is 13.3. The molecule has 0 aliphatic heterocycles. The average Bonchev–Trinajstić information content (AvgIpc) is 2.39. The van der Waals surface area contributed by atoms with Gasteiger partial charge in [0.05, 0.1) is 0 Å². The van der Waals surface area contributed by atoms with E-state index in [1.54, 1.807) is 0 Å². The fourth-order valence-corrected chi connectivity index (χ4v) is 4.17. The van der Waals surface area contributed by atoms with Crippen LogP contribution in [0.4, 0.5) is 0 Å². The second-order valence-electron chi connectivity index (χ2n) is 4.55. The number of rotatable bonds is 14. The normalized spacial score (nSPS) is 12.0. The van der Waals surface area contributed by atoms with Crippen molar-refractivity contribution >= 4 is 8.97 Å². The standard InChI is InChI=1S/C14H33NO3Si/c1-5-9-10-11-12-13-14-15-19(16-6-2,17-7-3)18-8-4/h15H,5-14H2,1-4H3. The summed E-state index contributed by atoms with van der Waals surface area (Å²) >= 11 is 0. The van der Waals surface area contributed by atoms with E-state index in [0.717, 1.165) is 13.0 Å². The van der Waals surface area contributed by atoms with Gasteiger partial charge in [-0.1, -0.05) is 39.0 Å². The van der Waals surface area contributed by atoms with Crippen LogP contribution in [0.1, 0.15) is 66.2 Å². The van der Waals surface area contributed by atoms with Gasteiger partial charge in [-0.3, -0.25) is 4.98 Å². The summed E-state index contributed by atoms with van der Waals surface area (Å²) in [5.41, 5.74) is 0. The highest BCUT2D eigenvalue weighted by Gasteiger charge is 2.40. The van der Waals surface area contributed by atoms with Gasteiger partial charge in [-0.2, -0.15) is 0 Å².